The Morgan fingerprint density at radius 3 is 2.52 bits per heavy atom. The van der Waals surface area contributed by atoms with Crippen LogP contribution >= 0.6 is 0 Å². The standard InChI is InChI=1S/C23H31FN4O/c1-16-20(17(2)28(27-16)14-6-13-25)11-12-22(29)26-21(15-23(3,4)5)18-7-9-19(24)10-8-18/h7-10,21H,6,11-12,14-15H2,1-5H3,(H,26,29)/t21-/m1/s1. The number of halogens is 1. The molecular weight excluding hydrogens is 367 g/mol. The lowest BCUT2D eigenvalue weighted by atomic mass is 9.85. The number of rotatable bonds is 8. The highest BCUT2D eigenvalue weighted by Gasteiger charge is 2.22. The zero-order valence-electron chi connectivity index (χ0n) is 18.1. The zero-order chi connectivity index (χ0) is 21.6. The van der Waals surface area contributed by atoms with Crippen LogP contribution in [0.15, 0.2) is 24.3 Å². The first kappa shape index (κ1) is 22.6. The van der Waals surface area contributed by atoms with Crippen LogP contribution in [0.1, 0.15) is 68.6 Å². The number of carbonyl (C=O) groups excluding carboxylic acids is 1. The SMILES string of the molecule is Cc1nn(CCC#N)c(C)c1CCC(=O)N[C@H](CC(C)(C)C)c1ccc(F)cc1. The molecule has 29 heavy (non-hydrogen) atoms. The fraction of sp³-hybridized carbons (Fsp3) is 0.522. The van der Waals surface area contributed by atoms with E-state index in [1.54, 1.807) is 12.1 Å². The quantitative estimate of drug-likeness (QED) is 0.696. The van der Waals surface area contributed by atoms with Crippen molar-refractivity contribution < 1.29 is 9.18 Å². The van der Waals surface area contributed by atoms with Crippen molar-refractivity contribution in [2.24, 2.45) is 5.41 Å². The van der Waals surface area contributed by atoms with Gasteiger partial charge in [0.05, 0.1) is 30.8 Å². The molecule has 0 bridgehead atoms. The number of carbonyl (C=O) groups is 1. The molecule has 156 valence electrons. The summed E-state index contributed by atoms with van der Waals surface area (Å²) in [5, 5.41) is 16.4. The fourth-order valence-electron chi connectivity index (χ4n) is 3.53. The van der Waals surface area contributed by atoms with Crippen molar-refractivity contribution in [1.29, 1.82) is 5.26 Å². The molecule has 1 atom stereocenters. The van der Waals surface area contributed by atoms with Gasteiger partial charge in [-0.3, -0.25) is 9.48 Å². The number of hydrogen-bond donors (Lipinski definition) is 1. The molecule has 0 saturated carbocycles. The van der Waals surface area contributed by atoms with Crippen molar-refractivity contribution in [3.63, 3.8) is 0 Å². The molecule has 2 aromatic rings. The maximum atomic E-state index is 13.3. The monoisotopic (exact) mass is 398 g/mol. The molecule has 2 rings (SSSR count). The van der Waals surface area contributed by atoms with E-state index in [4.69, 9.17) is 5.26 Å². The summed E-state index contributed by atoms with van der Waals surface area (Å²) < 4.78 is 15.1. The van der Waals surface area contributed by atoms with Crippen molar-refractivity contribution in [2.45, 2.75) is 72.9 Å². The van der Waals surface area contributed by atoms with Crippen molar-refractivity contribution >= 4 is 5.91 Å². The summed E-state index contributed by atoms with van der Waals surface area (Å²) >= 11 is 0. The van der Waals surface area contributed by atoms with Crippen LogP contribution in [0.2, 0.25) is 0 Å². The van der Waals surface area contributed by atoms with Crippen molar-refractivity contribution in [3.8, 4) is 6.07 Å². The number of aromatic nitrogens is 2. The highest BCUT2D eigenvalue weighted by Crippen LogP contribution is 2.29. The molecule has 0 aliphatic carbocycles. The van der Waals surface area contributed by atoms with Gasteiger partial charge in [-0.2, -0.15) is 10.4 Å². The Hall–Kier alpha value is -2.68. The molecule has 0 radical (unpaired) electrons. The topological polar surface area (TPSA) is 70.7 Å². The first-order valence-electron chi connectivity index (χ1n) is 10.1. The van der Waals surface area contributed by atoms with Crippen LogP contribution in [-0.2, 0) is 17.8 Å². The number of amides is 1. The molecule has 0 unspecified atom stereocenters. The first-order valence-corrected chi connectivity index (χ1v) is 10.1. The van der Waals surface area contributed by atoms with Crippen LogP contribution in [-0.4, -0.2) is 15.7 Å². The normalized spacial score (nSPS) is 12.4. The lowest BCUT2D eigenvalue weighted by Crippen LogP contribution is -2.31. The molecule has 6 heteroatoms. The first-order chi connectivity index (χ1) is 13.6. The maximum Gasteiger partial charge on any atom is 0.220 e. The minimum Gasteiger partial charge on any atom is -0.349 e. The van der Waals surface area contributed by atoms with Crippen LogP contribution in [0.3, 0.4) is 0 Å². The number of nitriles is 1. The predicted molar refractivity (Wildman–Crippen MR) is 112 cm³/mol. The third-order valence-electron chi connectivity index (χ3n) is 4.99. The van der Waals surface area contributed by atoms with Gasteiger partial charge >= 0.3 is 0 Å². The Morgan fingerprint density at radius 1 is 1.28 bits per heavy atom. The Kier molecular flexibility index (Phi) is 7.55. The highest BCUT2D eigenvalue weighted by molar-refractivity contribution is 5.76. The lowest BCUT2D eigenvalue weighted by molar-refractivity contribution is -0.122. The molecule has 1 amide bonds. The van der Waals surface area contributed by atoms with Crippen LogP contribution in [0.5, 0.6) is 0 Å². The Balaban J connectivity index is 2.06. The molecule has 1 heterocycles. The van der Waals surface area contributed by atoms with Crippen LogP contribution in [0.25, 0.3) is 0 Å². The lowest BCUT2D eigenvalue weighted by Gasteiger charge is -2.27. The molecular formula is C23H31FN4O. The second-order valence-corrected chi connectivity index (χ2v) is 8.72. The van der Waals surface area contributed by atoms with Gasteiger partial charge in [0.25, 0.3) is 0 Å². The van der Waals surface area contributed by atoms with E-state index in [-0.39, 0.29) is 23.2 Å². The highest BCUT2D eigenvalue weighted by atomic mass is 19.1. The molecule has 1 aromatic heterocycles. The second kappa shape index (κ2) is 9.69. The average Bonchev–Trinajstić information content (AvgIpc) is 2.90. The van der Waals surface area contributed by atoms with Crippen molar-refractivity contribution in [3.05, 3.63) is 52.6 Å². The van der Waals surface area contributed by atoms with Gasteiger partial charge in [0, 0.05) is 12.1 Å². The summed E-state index contributed by atoms with van der Waals surface area (Å²) in [4.78, 5) is 12.7. The van der Waals surface area contributed by atoms with E-state index in [2.05, 4.69) is 37.3 Å². The molecule has 1 aromatic carbocycles. The maximum absolute atomic E-state index is 13.3. The Bertz CT molecular complexity index is 872. The fourth-order valence-corrected chi connectivity index (χ4v) is 3.53. The molecule has 0 aliphatic heterocycles. The third kappa shape index (κ3) is 6.70. The summed E-state index contributed by atoms with van der Waals surface area (Å²) in [5.74, 6) is -0.318. The molecule has 0 saturated heterocycles. The van der Waals surface area contributed by atoms with E-state index in [1.165, 1.54) is 12.1 Å². The minimum atomic E-state index is -0.283. The van der Waals surface area contributed by atoms with Crippen LogP contribution < -0.4 is 5.32 Å². The molecule has 1 N–H and O–H groups in total. The summed E-state index contributed by atoms with van der Waals surface area (Å²) in [7, 11) is 0. The summed E-state index contributed by atoms with van der Waals surface area (Å²) in [6.07, 6.45) is 2.12. The number of nitrogens with zero attached hydrogens (tertiary/aromatic N) is 3. The summed E-state index contributed by atoms with van der Waals surface area (Å²) in [5.41, 5.74) is 3.90. The summed E-state index contributed by atoms with van der Waals surface area (Å²) in [6.45, 7) is 10.8. The van der Waals surface area contributed by atoms with Gasteiger partial charge in [-0.1, -0.05) is 32.9 Å². The van der Waals surface area contributed by atoms with Crippen LogP contribution in [0.4, 0.5) is 4.39 Å². The Labute approximate surface area is 172 Å². The van der Waals surface area contributed by atoms with E-state index in [0.29, 0.717) is 25.8 Å². The van der Waals surface area contributed by atoms with Gasteiger partial charge in [-0.25, -0.2) is 4.39 Å². The van der Waals surface area contributed by atoms with E-state index < -0.39 is 0 Å². The zero-order valence-corrected chi connectivity index (χ0v) is 18.1. The largest absolute Gasteiger partial charge is 0.349 e. The molecule has 0 spiro atoms. The van der Waals surface area contributed by atoms with Gasteiger partial charge in [-0.05, 0) is 55.4 Å². The van der Waals surface area contributed by atoms with E-state index in [0.717, 1.165) is 28.9 Å². The van der Waals surface area contributed by atoms with Crippen molar-refractivity contribution in [1.82, 2.24) is 15.1 Å². The Morgan fingerprint density at radius 2 is 1.93 bits per heavy atom. The second-order valence-electron chi connectivity index (χ2n) is 8.72. The van der Waals surface area contributed by atoms with Crippen LogP contribution in [0, 0.1) is 36.4 Å². The molecule has 0 aliphatic rings. The van der Waals surface area contributed by atoms with Gasteiger partial charge in [0.2, 0.25) is 5.91 Å². The summed E-state index contributed by atoms with van der Waals surface area (Å²) in [6, 6.07) is 8.30. The minimum absolute atomic E-state index is 0.0153. The molecule has 5 nitrogen and oxygen atoms in total. The smallest absolute Gasteiger partial charge is 0.220 e. The van der Waals surface area contributed by atoms with Gasteiger partial charge < -0.3 is 5.32 Å². The molecule has 0 fully saturated rings. The number of nitrogens with one attached hydrogen (secondary N) is 1. The van der Waals surface area contributed by atoms with E-state index in [1.807, 2.05) is 18.5 Å². The third-order valence-corrected chi connectivity index (χ3v) is 4.99. The van der Waals surface area contributed by atoms with E-state index >= 15 is 0 Å². The number of benzene rings is 1. The van der Waals surface area contributed by atoms with Gasteiger partial charge in [0.15, 0.2) is 0 Å². The van der Waals surface area contributed by atoms with Crippen molar-refractivity contribution in [2.75, 3.05) is 0 Å². The number of aryl methyl sites for hydroxylation is 2. The number of hydrogen-bond acceptors (Lipinski definition) is 3. The predicted octanol–water partition coefficient (Wildman–Crippen LogP) is 4.78. The van der Waals surface area contributed by atoms with Gasteiger partial charge in [0.1, 0.15) is 5.82 Å². The van der Waals surface area contributed by atoms with Gasteiger partial charge in [-0.15, -0.1) is 0 Å². The van der Waals surface area contributed by atoms with E-state index in [9.17, 15) is 9.18 Å². The average molecular weight is 399 g/mol.